The number of rotatable bonds is 5. The zero-order valence-corrected chi connectivity index (χ0v) is 15.3. The molecular formula is C21H15N3O5. The van der Waals surface area contributed by atoms with Gasteiger partial charge in [-0.3, -0.25) is 14.9 Å². The number of fused-ring (bicyclic) bond motifs is 1. The van der Waals surface area contributed by atoms with E-state index in [0.29, 0.717) is 28.4 Å². The first-order valence-electron chi connectivity index (χ1n) is 8.64. The highest BCUT2D eigenvalue weighted by molar-refractivity contribution is 6.04. The Morgan fingerprint density at radius 3 is 2.62 bits per heavy atom. The Bertz CT molecular complexity index is 1210. The maximum atomic E-state index is 12.3. The van der Waals surface area contributed by atoms with Crippen LogP contribution in [-0.2, 0) is 0 Å². The first kappa shape index (κ1) is 18.2. The predicted molar refractivity (Wildman–Crippen MR) is 107 cm³/mol. The highest BCUT2D eigenvalue weighted by atomic mass is 16.6. The number of benzene rings is 3. The lowest BCUT2D eigenvalue weighted by Crippen LogP contribution is -2.11. The van der Waals surface area contributed by atoms with Gasteiger partial charge >= 0.3 is 0 Å². The molecule has 0 saturated carbocycles. The molecule has 1 N–H and O–H groups in total. The van der Waals surface area contributed by atoms with Gasteiger partial charge in [-0.2, -0.15) is 0 Å². The molecule has 1 aromatic heterocycles. The molecule has 4 aromatic rings. The molecule has 0 atom stereocenters. The Balaban J connectivity index is 1.53. The molecule has 0 fully saturated rings. The van der Waals surface area contributed by atoms with E-state index in [1.54, 1.807) is 49.6 Å². The standard InChI is InChI=1S/C21H15N3O5/c1-28-17-9-10-19-18(12-17)23-21(29-19)13-5-7-15(8-6-13)22-20(25)14-3-2-4-16(11-14)24(26)27/h2-12H,1H3,(H,22,25). The monoisotopic (exact) mass is 389 g/mol. The largest absolute Gasteiger partial charge is 0.497 e. The molecule has 3 aromatic carbocycles. The predicted octanol–water partition coefficient (Wildman–Crippen LogP) is 4.66. The number of aromatic nitrogens is 1. The van der Waals surface area contributed by atoms with Crippen LogP contribution in [0.1, 0.15) is 10.4 Å². The van der Waals surface area contributed by atoms with Gasteiger partial charge in [0.05, 0.1) is 12.0 Å². The van der Waals surface area contributed by atoms with E-state index in [-0.39, 0.29) is 11.3 Å². The molecule has 0 unspecified atom stereocenters. The number of nitrogens with one attached hydrogen (secondary N) is 1. The van der Waals surface area contributed by atoms with E-state index in [2.05, 4.69) is 10.3 Å². The lowest BCUT2D eigenvalue weighted by Gasteiger charge is -2.05. The van der Waals surface area contributed by atoms with Crippen molar-refractivity contribution in [1.82, 2.24) is 4.98 Å². The van der Waals surface area contributed by atoms with Crippen molar-refractivity contribution in [2.24, 2.45) is 0 Å². The Morgan fingerprint density at radius 1 is 1.10 bits per heavy atom. The molecule has 1 amide bonds. The van der Waals surface area contributed by atoms with Gasteiger partial charge in [0.2, 0.25) is 5.89 Å². The smallest absolute Gasteiger partial charge is 0.270 e. The van der Waals surface area contributed by atoms with Gasteiger partial charge in [-0.15, -0.1) is 0 Å². The quantitative estimate of drug-likeness (QED) is 0.393. The number of methoxy groups -OCH3 is 1. The van der Waals surface area contributed by atoms with Gasteiger partial charge in [0.25, 0.3) is 11.6 Å². The number of carbonyl (C=O) groups is 1. The number of hydrogen-bond acceptors (Lipinski definition) is 6. The van der Waals surface area contributed by atoms with Crippen molar-refractivity contribution in [1.29, 1.82) is 0 Å². The van der Waals surface area contributed by atoms with Crippen LogP contribution in [0.5, 0.6) is 5.75 Å². The summed E-state index contributed by atoms with van der Waals surface area (Å²) in [6.07, 6.45) is 0. The Kier molecular flexibility index (Phi) is 4.66. The summed E-state index contributed by atoms with van der Waals surface area (Å²) in [7, 11) is 1.59. The second-order valence-corrected chi connectivity index (χ2v) is 6.19. The molecule has 0 aliphatic rings. The number of ether oxygens (including phenoxy) is 1. The number of nitro benzene ring substituents is 1. The van der Waals surface area contributed by atoms with Crippen molar-refractivity contribution in [3.8, 4) is 17.2 Å². The van der Waals surface area contributed by atoms with Crippen molar-refractivity contribution in [2.45, 2.75) is 0 Å². The van der Waals surface area contributed by atoms with E-state index < -0.39 is 10.8 Å². The van der Waals surface area contributed by atoms with Crippen LogP contribution in [0.2, 0.25) is 0 Å². The minimum Gasteiger partial charge on any atom is -0.497 e. The number of oxazole rings is 1. The van der Waals surface area contributed by atoms with Crippen LogP contribution < -0.4 is 10.1 Å². The summed E-state index contributed by atoms with van der Waals surface area (Å²) >= 11 is 0. The minimum atomic E-state index is -0.540. The Labute approximate surface area is 164 Å². The van der Waals surface area contributed by atoms with Crippen molar-refractivity contribution >= 4 is 28.4 Å². The SMILES string of the molecule is COc1ccc2oc(-c3ccc(NC(=O)c4cccc([N+](=O)[O-])c4)cc3)nc2c1. The summed E-state index contributed by atoms with van der Waals surface area (Å²) in [6.45, 7) is 0. The second kappa shape index (κ2) is 7.43. The fourth-order valence-electron chi connectivity index (χ4n) is 2.82. The average Bonchev–Trinajstić information content (AvgIpc) is 3.17. The Hall–Kier alpha value is -4.20. The topological polar surface area (TPSA) is 108 Å². The summed E-state index contributed by atoms with van der Waals surface area (Å²) in [4.78, 5) is 27.1. The van der Waals surface area contributed by atoms with Gasteiger partial charge in [0.1, 0.15) is 11.3 Å². The third-order valence-corrected chi connectivity index (χ3v) is 4.30. The van der Waals surface area contributed by atoms with Crippen LogP contribution in [0.3, 0.4) is 0 Å². The van der Waals surface area contributed by atoms with Gasteiger partial charge in [-0.1, -0.05) is 6.07 Å². The number of nitrogens with zero attached hydrogens (tertiary/aromatic N) is 2. The molecule has 0 bridgehead atoms. The second-order valence-electron chi connectivity index (χ2n) is 6.19. The number of non-ortho nitro benzene ring substituents is 1. The van der Waals surface area contributed by atoms with E-state index >= 15 is 0 Å². The summed E-state index contributed by atoms with van der Waals surface area (Å²) in [5, 5.41) is 13.6. The minimum absolute atomic E-state index is 0.138. The number of amides is 1. The molecule has 29 heavy (non-hydrogen) atoms. The lowest BCUT2D eigenvalue weighted by molar-refractivity contribution is -0.384. The van der Waals surface area contributed by atoms with Gasteiger partial charge in [0, 0.05) is 35.0 Å². The summed E-state index contributed by atoms with van der Waals surface area (Å²) in [5.74, 6) is 0.705. The van der Waals surface area contributed by atoms with Crippen molar-refractivity contribution in [2.75, 3.05) is 12.4 Å². The Morgan fingerprint density at radius 2 is 1.90 bits per heavy atom. The van der Waals surface area contributed by atoms with E-state index in [0.717, 1.165) is 5.56 Å². The number of hydrogen-bond donors (Lipinski definition) is 1. The number of anilines is 1. The van der Waals surface area contributed by atoms with Gasteiger partial charge < -0.3 is 14.5 Å². The van der Waals surface area contributed by atoms with Gasteiger partial charge in [0.15, 0.2) is 5.58 Å². The van der Waals surface area contributed by atoms with Crippen LogP contribution in [0, 0.1) is 10.1 Å². The third-order valence-electron chi connectivity index (χ3n) is 4.30. The first-order chi connectivity index (χ1) is 14.0. The lowest BCUT2D eigenvalue weighted by atomic mass is 10.1. The first-order valence-corrected chi connectivity index (χ1v) is 8.64. The molecule has 144 valence electrons. The molecular weight excluding hydrogens is 374 g/mol. The number of nitro groups is 1. The van der Waals surface area contributed by atoms with Crippen LogP contribution in [0.15, 0.2) is 71.1 Å². The van der Waals surface area contributed by atoms with Gasteiger partial charge in [-0.05, 0) is 42.5 Å². The van der Waals surface area contributed by atoms with Crippen LogP contribution in [0.25, 0.3) is 22.6 Å². The zero-order chi connectivity index (χ0) is 20.4. The fraction of sp³-hybridized carbons (Fsp3) is 0.0476. The number of carbonyl (C=O) groups excluding carboxylic acids is 1. The van der Waals surface area contributed by atoms with Crippen molar-refractivity contribution < 1.29 is 18.9 Å². The molecule has 8 nitrogen and oxygen atoms in total. The van der Waals surface area contributed by atoms with Gasteiger partial charge in [-0.25, -0.2) is 4.98 Å². The highest BCUT2D eigenvalue weighted by Gasteiger charge is 2.13. The summed E-state index contributed by atoms with van der Waals surface area (Å²) in [5.41, 5.74) is 2.68. The van der Waals surface area contributed by atoms with E-state index in [1.165, 1.54) is 24.3 Å². The maximum Gasteiger partial charge on any atom is 0.270 e. The molecule has 0 spiro atoms. The highest BCUT2D eigenvalue weighted by Crippen LogP contribution is 2.27. The summed E-state index contributed by atoms with van der Waals surface area (Å²) < 4.78 is 10.9. The molecule has 8 heteroatoms. The fourth-order valence-corrected chi connectivity index (χ4v) is 2.82. The van der Waals surface area contributed by atoms with E-state index in [9.17, 15) is 14.9 Å². The molecule has 0 saturated heterocycles. The molecule has 0 radical (unpaired) electrons. The molecule has 4 rings (SSSR count). The van der Waals surface area contributed by atoms with Crippen LogP contribution >= 0.6 is 0 Å². The van der Waals surface area contributed by atoms with E-state index in [4.69, 9.17) is 9.15 Å². The maximum absolute atomic E-state index is 12.3. The van der Waals surface area contributed by atoms with Crippen LogP contribution in [-0.4, -0.2) is 22.9 Å². The average molecular weight is 389 g/mol. The molecule has 0 aliphatic carbocycles. The normalized spacial score (nSPS) is 10.7. The van der Waals surface area contributed by atoms with E-state index in [1.807, 2.05) is 0 Å². The molecule has 0 aliphatic heterocycles. The van der Waals surface area contributed by atoms with Crippen LogP contribution in [0.4, 0.5) is 11.4 Å². The summed E-state index contributed by atoms with van der Waals surface area (Å²) in [6, 6.07) is 17.9. The van der Waals surface area contributed by atoms with Crippen molar-refractivity contribution in [3.63, 3.8) is 0 Å². The molecule has 1 heterocycles. The third kappa shape index (κ3) is 3.77. The van der Waals surface area contributed by atoms with Crippen molar-refractivity contribution in [3.05, 3.63) is 82.4 Å². The zero-order valence-electron chi connectivity index (χ0n) is 15.3.